The molecule has 2 atom stereocenters. The Hall–Kier alpha value is -4.08. The fourth-order valence-corrected chi connectivity index (χ4v) is 15.8. The maximum Gasteiger partial charge on any atom is 0.410 e. The number of piperazine rings is 1. The Kier molecular flexibility index (Phi) is 11.5. The van der Waals surface area contributed by atoms with Crippen molar-refractivity contribution in [2.45, 2.75) is 141 Å². The number of halogens is 2. The van der Waals surface area contributed by atoms with Crippen LogP contribution in [0, 0.1) is 17.3 Å². The number of pyridine rings is 1. The number of amides is 1. The summed E-state index contributed by atoms with van der Waals surface area (Å²) in [6, 6.07) is 7.10. The molecule has 0 spiro atoms. The van der Waals surface area contributed by atoms with Gasteiger partial charge in [0, 0.05) is 30.4 Å². The number of ether oxygens (including phenoxy) is 2. The highest BCUT2D eigenvalue weighted by molar-refractivity contribution is 6.90. The first kappa shape index (κ1) is 41.1. The van der Waals surface area contributed by atoms with Gasteiger partial charge < -0.3 is 14.4 Å². The summed E-state index contributed by atoms with van der Waals surface area (Å²) in [6.45, 7) is 22.5. The Morgan fingerprint density at radius 3 is 2.23 bits per heavy atom. The number of aromatic nitrogens is 3. The normalized spacial score (nSPS) is 21.1. The molecule has 2 unspecified atom stereocenters. The van der Waals surface area contributed by atoms with E-state index in [-0.39, 0.29) is 46.5 Å². The van der Waals surface area contributed by atoms with Crippen LogP contribution in [0.2, 0.25) is 16.6 Å². The maximum atomic E-state index is 17.3. The molecule has 4 fully saturated rings. The zero-order valence-electron chi connectivity index (χ0n) is 35.3. The van der Waals surface area contributed by atoms with Gasteiger partial charge in [-0.15, -0.1) is 5.54 Å². The first-order valence-corrected chi connectivity index (χ1v) is 23.3. The number of carbonyl (C=O) groups is 1. The minimum Gasteiger partial charge on any atom is -0.461 e. The van der Waals surface area contributed by atoms with Crippen LogP contribution >= 0.6 is 0 Å². The zero-order valence-corrected chi connectivity index (χ0v) is 36.3. The predicted octanol–water partition coefficient (Wildman–Crippen LogP) is 9.96. The smallest absolute Gasteiger partial charge is 0.410 e. The summed E-state index contributed by atoms with van der Waals surface area (Å²) in [5.41, 5.74) is 5.31. The first-order valence-electron chi connectivity index (χ1n) is 21.0. The average Bonchev–Trinajstić information content (AvgIpc) is 3.82. The Morgan fingerprint density at radius 2 is 1.63 bits per heavy atom. The van der Waals surface area contributed by atoms with Gasteiger partial charge in [-0.25, -0.2) is 13.6 Å². The van der Waals surface area contributed by atoms with Crippen molar-refractivity contribution in [3.8, 4) is 28.7 Å². The highest BCUT2D eigenvalue weighted by atomic mass is 28.3. The number of anilines is 1. The SMILES string of the molecule is CC(C)[Si](C#C/C(=C\F)c1ccccc1-c1ncc2c(N3CC4CCC(C3)N4C(=O)OC(C)(C)C)nc(OCC34CCCN3CCC4)nc2c1F)(C(C)C)C(C)C. The first-order chi connectivity index (χ1) is 27.1. The molecule has 6 heterocycles. The van der Waals surface area contributed by atoms with E-state index in [0.29, 0.717) is 65.0 Å². The van der Waals surface area contributed by atoms with Crippen molar-refractivity contribution in [2.75, 3.05) is 37.7 Å². The summed E-state index contributed by atoms with van der Waals surface area (Å²) < 4.78 is 44.6. The zero-order chi connectivity index (χ0) is 40.9. The minimum absolute atomic E-state index is 0.0566. The number of nitrogens with zero attached hydrogens (tertiary/aromatic N) is 6. The quantitative estimate of drug-likeness (QED) is 0.156. The molecular weight excluding hydrogens is 739 g/mol. The third kappa shape index (κ3) is 7.66. The second kappa shape index (κ2) is 15.9. The summed E-state index contributed by atoms with van der Waals surface area (Å²) in [5.74, 6) is 3.15. The van der Waals surface area contributed by atoms with Crippen molar-refractivity contribution in [1.82, 2.24) is 24.8 Å². The second-order valence-corrected chi connectivity index (χ2v) is 24.2. The number of hydrogen-bond acceptors (Lipinski definition) is 8. The van der Waals surface area contributed by atoms with E-state index in [0.717, 1.165) is 51.6 Å². The molecule has 7 rings (SSSR count). The molecule has 57 heavy (non-hydrogen) atoms. The largest absolute Gasteiger partial charge is 0.461 e. The number of allylic oxidation sites excluding steroid dienone is 1. The highest BCUT2D eigenvalue weighted by Crippen LogP contribution is 2.43. The van der Waals surface area contributed by atoms with Crippen LogP contribution in [0.5, 0.6) is 6.01 Å². The Labute approximate surface area is 338 Å². The molecule has 1 amide bonds. The summed E-state index contributed by atoms with van der Waals surface area (Å²) in [5, 5.41) is 0.454. The van der Waals surface area contributed by atoms with Crippen molar-refractivity contribution in [3.63, 3.8) is 0 Å². The molecule has 0 radical (unpaired) electrons. The van der Waals surface area contributed by atoms with Gasteiger partial charge in [-0.3, -0.25) is 14.8 Å². The van der Waals surface area contributed by atoms with Crippen molar-refractivity contribution < 1.29 is 23.0 Å². The van der Waals surface area contributed by atoms with E-state index in [1.54, 1.807) is 24.4 Å². The standard InChI is InChI=1S/C45H60F2N6O3Si/c1-29(2)57(30(3)4,31(5)6)23-18-32(24-46)35-14-10-11-15-36(35)39-38(47)40-37(25-48-39)41(50-42(49-40)55-28-45-19-12-21-52(45)22-13-20-45)51-26-33-16-17-34(27-51)53(33)43(54)56-44(7,8)9/h10-11,14-15,24-25,29-31,33-34H,12-13,16-17,19-22,26-28H2,1-9H3/b32-24+. The molecule has 1 aromatic carbocycles. The fraction of sp³-hybridized carbons (Fsp3) is 0.600. The lowest BCUT2D eigenvalue weighted by molar-refractivity contribution is 0.0122. The second-order valence-electron chi connectivity index (χ2n) is 18.6. The fourth-order valence-electron chi connectivity index (χ4n) is 10.6. The van der Waals surface area contributed by atoms with Gasteiger partial charge in [0.25, 0.3) is 0 Å². The molecule has 0 aliphatic carbocycles. The van der Waals surface area contributed by atoms with Crippen LogP contribution in [0.15, 0.2) is 36.8 Å². The lowest BCUT2D eigenvalue weighted by Gasteiger charge is -2.42. The third-order valence-electron chi connectivity index (χ3n) is 13.2. The topological polar surface area (TPSA) is 83.9 Å². The molecule has 2 bridgehead atoms. The van der Waals surface area contributed by atoms with Crippen LogP contribution in [0.1, 0.15) is 106 Å². The molecule has 12 heteroatoms. The Morgan fingerprint density at radius 1 is 1.00 bits per heavy atom. The van der Waals surface area contributed by atoms with Gasteiger partial charge >= 0.3 is 12.1 Å². The molecule has 4 saturated heterocycles. The van der Waals surface area contributed by atoms with Gasteiger partial charge in [0.1, 0.15) is 43.6 Å². The molecule has 4 aliphatic heterocycles. The molecular formula is C45H60F2N6O3Si. The van der Waals surface area contributed by atoms with E-state index in [1.807, 2.05) is 31.7 Å². The molecule has 306 valence electrons. The van der Waals surface area contributed by atoms with Gasteiger partial charge in [-0.05, 0) is 89.0 Å². The third-order valence-corrected chi connectivity index (χ3v) is 19.5. The number of benzene rings is 1. The van der Waals surface area contributed by atoms with Crippen LogP contribution in [0.4, 0.5) is 19.4 Å². The summed E-state index contributed by atoms with van der Waals surface area (Å²) >= 11 is 0. The minimum atomic E-state index is -2.19. The summed E-state index contributed by atoms with van der Waals surface area (Å²) in [4.78, 5) is 34.3. The van der Waals surface area contributed by atoms with E-state index in [1.165, 1.54) is 0 Å². The molecule has 9 nitrogen and oxygen atoms in total. The van der Waals surface area contributed by atoms with E-state index in [2.05, 4.69) is 62.8 Å². The molecule has 0 N–H and O–H groups in total. The molecule has 2 aromatic heterocycles. The van der Waals surface area contributed by atoms with Crippen LogP contribution in [0.25, 0.3) is 27.7 Å². The predicted molar refractivity (Wildman–Crippen MR) is 226 cm³/mol. The van der Waals surface area contributed by atoms with Gasteiger partial charge in [0.05, 0.1) is 28.6 Å². The lowest BCUT2D eigenvalue weighted by Crippen LogP contribution is -2.57. The van der Waals surface area contributed by atoms with Gasteiger partial charge in [-0.2, -0.15) is 9.97 Å². The van der Waals surface area contributed by atoms with Crippen LogP contribution in [-0.4, -0.2) is 94.9 Å². The number of carbonyl (C=O) groups excluding carboxylic acids is 1. The van der Waals surface area contributed by atoms with Gasteiger partial charge in [-0.1, -0.05) is 71.7 Å². The molecule has 4 aliphatic rings. The Bertz CT molecular complexity index is 2040. The van der Waals surface area contributed by atoms with Crippen molar-refractivity contribution >= 4 is 36.5 Å². The number of rotatable bonds is 9. The maximum absolute atomic E-state index is 17.3. The Balaban J connectivity index is 1.29. The van der Waals surface area contributed by atoms with E-state index in [4.69, 9.17) is 24.4 Å². The summed E-state index contributed by atoms with van der Waals surface area (Å²) in [6.07, 6.45) is 7.86. The van der Waals surface area contributed by atoms with Crippen molar-refractivity contribution in [3.05, 3.63) is 48.2 Å². The van der Waals surface area contributed by atoms with Crippen LogP contribution in [-0.2, 0) is 4.74 Å². The van der Waals surface area contributed by atoms with E-state index >= 15 is 4.39 Å². The molecule has 3 aromatic rings. The number of fused-ring (bicyclic) bond motifs is 4. The molecule has 0 saturated carbocycles. The van der Waals surface area contributed by atoms with Crippen LogP contribution in [0.3, 0.4) is 0 Å². The average molecular weight is 799 g/mol. The van der Waals surface area contributed by atoms with Crippen molar-refractivity contribution in [2.24, 2.45) is 0 Å². The van der Waals surface area contributed by atoms with E-state index in [9.17, 15) is 9.18 Å². The van der Waals surface area contributed by atoms with Gasteiger partial charge in [0.2, 0.25) is 0 Å². The monoisotopic (exact) mass is 798 g/mol. The summed E-state index contributed by atoms with van der Waals surface area (Å²) in [7, 11) is -2.19. The highest BCUT2D eigenvalue weighted by Gasteiger charge is 2.47. The van der Waals surface area contributed by atoms with Gasteiger partial charge in [0.15, 0.2) is 5.82 Å². The van der Waals surface area contributed by atoms with Crippen LogP contribution < -0.4 is 9.64 Å². The van der Waals surface area contributed by atoms with E-state index < -0.39 is 19.5 Å². The lowest BCUT2D eigenvalue weighted by atomic mass is 9.95. The number of hydrogen-bond donors (Lipinski definition) is 0. The van der Waals surface area contributed by atoms with Crippen molar-refractivity contribution in [1.29, 1.82) is 0 Å².